The number of nitrogens with two attached hydrogens (primary N) is 1. The number of piperidine rings is 2. The fourth-order valence-electron chi connectivity index (χ4n) is 9.30. The second-order valence-electron chi connectivity index (χ2n) is 16.5. The SMILES string of the molecule is N[C@@H]1C[C@@H](F)CN(c2ccn3ncc(C(=O)Nc4cn(C5CCC(C(=O)N6CCN(c7ccc8c(c7)C(=O)N(C7CCC(=O)NC7=O)C8)CC6)CC5)nc4C(F)(F)F)c3n2)C1. The van der Waals surface area contributed by atoms with Crippen molar-refractivity contribution in [2.75, 3.05) is 54.4 Å². The van der Waals surface area contributed by atoms with Crippen LogP contribution in [0.25, 0.3) is 5.65 Å². The predicted octanol–water partition coefficient (Wildman–Crippen LogP) is 2.91. The Bertz CT molecular complexity index is 2390. The molecule has 4 N–H and O–H groups in total. The van der Waals surface area contributed by atoms with Crippen LogP contribution < -0.4 is 26.2 Å². The number of amides is 5. The Labute approximate surface area is 346 Å². The van der Waals surface area contributed by atoms with Gasteiger partial charge in [0.25, 0.3) is 11.8 Å². The molecule has 4 fully saturated rings. The molecule has 5 aliphatic rings. The van der Waals surface area contributed by atoms with Crippen LogP contribution in [0.1, 0.15) is 83.0 Å². The largest absolute Gasteiger partial charge is 0.437 e. The second-order valence-corrected chi connectivity index (χ2v) is 16.5. The molecule has 0 radical (unpaired) electrons. The molecule has 1 aliphatic carbocycles. The zero-order valence-corrected chi connectivity index (χ0v) is 33.0. The van der Waals surface area contributed by atoms with Gasteiger partial charge in [-0.3, -0.25) is 34.0 Å². The van der Waals surface area contributed by atoms with Crippen LogP contribution in [-0.4, -0.2) is 121 Å². The van der Waals surface area contributed by atoms with E-state index < -0.39 is 53.7 Å². The van der Waals surface area contributed by atoms with Gasteiger partial charge in [-0.1, -0.05) is 6.07 Å². The summed E-state index contributed by atoms with van der Waals surface area (Å²) in [5.41, 5.74) is 6.37. The highest BCUT2D eigenvalue weighted by Gasteiger charge is 2.41. The molecule has 4 aromatic rings. The number of benzene rings is 1. The van der Waals surface area contributed by atoms with Gasteiger partial charge in [-0.05, 0) is 62.3 Å². The quantitative estimate of drug-likeness (QED) is 0.183. The van der Waals surface area contributed by atoms with E-state index in [9.17, 15) is 41.5 Å². The average molecular weight is 849 g/mol. The summed E-state index contributed by atoms with van der Waals surface area (Å²) >= 11 is 0. The van der Waals surface area contributed by atoms with Crippen LogP contribution in [0.5, 0.6) is 0 Å². The summed E-state index contributed by atoms with van der Waals surface area (Å²) in [5, 5.41) is 12.7. The number of anilines is 3. The van der Waals surface area contributed by atoms with E-state index in [0.717, 1.165) is 11.3 Å². The molecule has 1 saturated carbocycles. The predicted molar refractivity (Wildman–Crippen MR) is 210 cm³/mol. The number of nitrogens with zero attached hydrogens (tertiary/aromatic N) is 9. The highest BCUT2D eigenvalue weighted by molar-refractivity contribution is 6.08. The molecule has 3 saturated heterocycles. The summed E-state index contributed by atoms with van der Waals surface area (Å²) in [7, 11) is 0. The third-order valence-electron chi connectivity index (χ3n) is 12.5. The number of carbonyl (C=O) groups excluding carboxylic acids is 5. The monoisotopic (exact) mass is 848 g/mol. The zero-order valence-electron chi connectivity index (χ0n) is 33.0. The summed E-state index contributed by atoms with van der Waals surface area (Å²) in [6, 6.07) is 5.69. The summed E-state index contributed by atoms with van der Waals surface area (Å²) in [6.07, 6.45) is 0.252. The number of fused-ring (bicyclic) bond motifs is 2. The minimum absolute atomic E-state index is 0.00988. The number of alkyl halides is 4. The third-order valence-corrected chi connectivity index (χ3v) is 12.5. The molecule has 3 aromatic heterocycles. The molecule has 21 heteroatoms. The molecular weight excluding hydrogens is 805 g/mol. The number of halogens is 4. The molecule has 3 atom stereocenters. The normalized spacial score (nSPS) is 24.9. The van der Waals surface area contributed by atoms with Crippen LogP contribution in [0.2, 0.25) is 0 Å². The molecule has 17 nitrogen and oxygen atoms in total. The molecular formula is C40H44F4N12O5. The first-order chi connectivity index (χ1) is 29.2. The van der Waals surface area contributed by atoms with Crippen molar-refractivity contribution in [1.29, 1.82) is 0 Å². The molecule has 9 rings (SSSR count). The smallest absolute Gasteiger partial charge is 0.368 e. The van der Waals surface area contributed by atoms with Crippen molar-refractivity contribution in [3.05, 3.63) is 65.2 Å². The van der Waals surface area contributed by atoms with Gasteiger partial charge in [-0.25, -0.2) is 13.9 Å². The van der Waals surface area contributed by atoms with Gasteiger partial charge in [-0.15, -0.1) is 0 Å². The molecule has 7 heterocycles. The second kappa shape index (κ2) is 15.7. The number of imide groups is 1. The van der Waals surface area contributed by atoms with E-state index in [1.54, 1.807) is 11.0 Å². The van der Waals surface area contributed by atoms with E-state index in [4.69, 9.17) is 5.73 Å². The van der Waals surface area contributed by atoms with E-state index in [2.05, 4.69) is 30.7 Å². The van der Waals surface area contributed by atoms with Gasteiger partial charge >= 0.3 is 6.18 Å². The number of hydrogen-bond acceptors (Lipinski definition) is 11. The lowest BCUT2D eigenvalue weighted by Gasteiger charge is -2.39. The Balaban J connectivity index is 0.805. The lowest BCUT2D eigenvalue weighted by atomic mass is 9.85. The first-order valence-electron chi connectivity index (χ1n) is 20.5. The van der Waals surface area contributed by atoms with Gasteiger partial charge in [0.15, 0.2) is 11.3 Å². The average Bonchev–Trinajstić information content (AvgIpc) is 3.95. The Morgan fingerprint density at radius 1 is 0.951 bits per heavy atom. The Morgan fingerprint density at radius 2 is 1.72 bits per heavy atom. The van der Waals surface area contributed by atoms with Crippen LogP contribution in [0.3, 0.4) is 0 Å². The highest BCUT2D eigenvalue weighted by atomic mass is 19.4. The lowest BCUT2D eigenvalue weighted by Crippen LogP contribution is -2.52. The molecule has 0 bridgehead atoms. The molecule has 1 aromatic carbocycles. The van der Waals surface area contributed by atoms with E-state index in [1.807, 2.05) is 23.1 Å². The van der Waals surface area contributed by atoms with Crippen molar-refractivity contribution in [2.24, 2.45) is 11.7 Å². The maximum Gasteiger partial charge on any atom is 0.437 e. The van der Waals surface area contributed by atoms with Crippen LogP contribution in [-0.2, 0) is 27.1 Å². The zero-order chi connectivity index (χ0) is 42.7. The van der Waals surface area contributed by atoms with Crippen molar-refractivity contribution in [3.8, 4) is 0 Å². The van der Waals surface area contributed by atoms with Crippen molar-refractivity contribution < 1.29 is 41.5 Å². The summed E-state index contributed by atoms with van der Waals surface area (Å²) < 4.78 is 59.7. The number of carbonyl (C=O) groups is 5. The molecule has 4 aliphatic heterocycles. The molecule has 5 amide bonds. The van der Waals surface area contributed by atoms with Gasteiger partial charge in [0.05, 0.1) is 24.5 Å². The number of aromatic nitrogens is 5. The summed E-state index contributed by atoms with van der Waals surface area (Å²) in [5.74, 6) is -1.90. The highest BCUT2D eigenvalue weighted by Crippen LogP contribution is 2.39. The van der Waals surface area contributed by atoms with Gasteiger partial charge in [0, 0.05) is 81.3 Å². The summed E-state index contributed by atoms with van der Waals surface area (Å²) in [4.78, 5) is 76.1. The Morgan fingerprint density at radius 3 is 2.44 bits per heavy atom. The van der Waals surface area contributed by atoms with Crippen molar-refractivity contribution in [3.63, 3.8) is 0 Å². The van der Waals surface area contributed by atoms with Crippen LogP contribution in [0.4, 0.5) is 34.8 Å². The van der Waals surface area contributed by atoms with E-state index in [-0.39, 0.29) is 67.2 Å². The van der Waals surface area contributed by atoms with E-state index in [0.29, 0.717) is 69.8 Å². The van der Waals surface area contributed by atoms with Gasteiger partial charge in [0.2, 0.25) is 17.7 Å². The molecule has 322 valence electrons. The lowest BCUT2D eigenvalue weighted by molar-refractivity contribution is -0.141. The first kappa shape index (κ1) is 40.3. The third kappa shape index (κ3) is 7.85. The Kier molecular flexibility index (Phi) is 10.4. The van der Waals surface area contributed by atoms with Crippen molar-refractivity contribution in [1.82, 2.24) is 39.5 Å². The van der Waals surface area contributed by atoms with Gasteiger partial charge < -0.3 is 30.7 Å². The standard InChI is InChI=1S/C40H44F4N12O5/c41-24-15-25(45)20-53(19-24)32-9-10-55-35(48-32)29(17-46-55)36(58)47-30-21-56(50-34(30)40(42,43)44)26-4-1-22(2-5-26)38(60)52-13-11-51(12-14-52)27-6-3-23-18-54(39(61)28(23)16-27)31-7-8-33(57)49-37(31)59/h3,6,9-10,16-17,21-22,24-26,31H,1-2,4-5,7-8,11-15,18-20,45H2,(H,47,58)(H,49,57,59)/t22?,24-,25-,26?,31?/m1/s1. The number of rotatable bonds is 7. The fraction of sp³-hybridized carbons (Fsp3) is 0.500. The Hall–Kier alpha value is -6.12. The molecule has 1 unspecified atom stereocenters. The molecule has 61 heavy (non-hydrogen) atoms. The van der Waals surface area contributed by atoms with E-state index >= 15 is 0 Å². The van der Waals surface area contributed by atoms with Crippen molar-refractivity contribution in [2.45, 2.75) is 82.0 Å². The van der Waals surface area contributed by atoms with Crippen molar-refractivity contribution >= 4 is 52.4 Å². The minimum Gasteiger partial charge on any atom is -0.368 e. The first-order valence-corrected chi connectivity index (χ1v) is 20.5. The van der Waals surface area contributed by atoms with Gasteiger partial charge in [0.1, 0.15) is 23.6 Å². The van der Waals surface area contributed by atoms with Crippen LogP contribution in [0, 0.1) is 5.92 Å². The van der Waals surface area contributed by atoms with Gasteiger partial charge in [-0.2, -0.15) is 23.4 Å². The molecule has 0 spiro atoms. The minimum atomic E-state index is -4.88. The topological polar surface area (TPSA) is 196 Å². The maximum atomic E-state index is 14.3. The summed E-state index contributed by atoms with van der Waals surface area (Å²) in [6.45, 7) is 2.68. The fourth-order valence-corrected chi connectivity index (χ4v) is 9.30. The number of piperazine rings is 1. The number of nitrogens with one attached hydrogen (secondary N) is 2. The number of hydrogen-bond donors (Lipinski definition) is 3. The van der Waals surface area contributed by atoms with Crippen LogP contribution >= 0.6 is 0 Å². The maximum absolute atomic E-state index is 14.3. The van der Waals surface area contributed by atoms with E-state index in [1.165, 1.54) is 32.7 Å². The van der Waals surface area contributed by atoms with Crippen LogP contribution in [0.15, 0.2) is 42.9 Å².